The molecule has 0 radical (unpaired) electrons. The van der Waals surface area contributed by atoms with Crippen molar-refractivity contribution in [1.29, 1.82) is 5.26 Å². The fourth-order valence-electron chi connectivity index (χ4n) is 2.99. The third-order valence-corrected chi connectivity index (χ3v) is 5.07. The number of aromatic nitrogens is 2. The molecule has 0 aliphatic carbocycles. The average Bonchev–Trinajstić information content (AvgIpc) is 2.96. The summed E-state index contributed by atoms with van der Waals surface area (Å²) in [5.41, 5.74) is 0.804. The Labute approximate surface area is 163 Å². The third-order valence-electron chi connectivity index (χ3n) is 4.08. The first-order chi connectivity index (χ1) is 13.1. The lowest BCUT2D eigenvalue weighted by Crippen LogP contribution is -2.20. The quantitative estimate of drug-likeness (QED) is 0.491. The van der Waals surface area contributed by atoms with Crippen molar-refractivity contribution < 1.29 is 19.1 Å². The molecule has 0 aliphatic rings. The van der Waals surface area contributed by atoms with E-state index in [1.807, 2.05) is 19.9 Å². The Balaban J connectivity index is 2.49. The summed E-state index contributed by atoms with van der Waals surface area (Å²) in [5.74, 6) is -1.14. The highest BCUT2D eigenvalue weighted by Crippen LogP contribution is 2.40. The number of carbonyl (C=O) groups is 2. The lowest BCUT2D eigenvalue weighted by Gasteiger charge is -2.12. The standard InChI is InChI=1S/C19H17N3O5S/c1-8(2)15-12(7-20)18(25)22-16-9(3)17(27-11(5)24)13(26-10(4)23)6-14(16)28-19(22)21-15/h6,8H,1-5H3. The van der Waals surface area contributed by atoms with Crippen LogP contribution in [0.2, 0.25) is 0 Å². The van der Waals surface area contributed by atoms with E-state index < -0.39 is 17.5 Å². The second-order valence-corrected chi connectivity index (χ2v) is 7.54. The molecule has 8 nitrogen and oxygen atoms in total. The van der Waals surface area contributed by atoms with Crippen molar-refractivity contribution in [3.8, 4) is 17.6 Å². The smallest absolute Gasteiger partial charge is 0.308 e. The SMILES string of the molecule is CC(=O)Oc1cc2sc3nc(C(C)C)c(C#N)c(=O)n3c2c(C)c1OC(C)=O. The zero-order chi connectivity index (χ0) is 20.7. The van der Waals surface area contributed by atoms with E-state index >= 15 is 0 Å². The number of nitrogens with zero attached hydrogens (tertiary/aromatic N) is 3. The van der Waals surface area contributed by atoms with Gasteiger partial charge in [-0.15, -0.1) is 0 Å². The largest absolute Gasteiger partial charge is 0.423 e. The zero-order valence-corrected chi connectivity index (χ0v) is 16.8. The minimum atomic E-state index is -0.597. The molecule has 0 amide bonds. The maximum Gasteiger partial charge on any atom is 0.308 e. The van der Waals surface area contributed by atoms with Crippen LogP contribution in [0.25, 0.3) is 15.2 Å². The van der Waals surface area contributed by atoms with Crippen LogP contribution in [0.5, 0.6) is 11.5 Å². The van der Waals surface area contributed by atoms with E-state index in [1.54, 1.807) is 6.92 Å². The van der Waals surface area contributed by atoms with Crippen LogP contribution < -0.4 is 15.0 Å². The highest BCUT2D eigenvalue weighted by Gasteiger charge is 2.23. The molecule has 9 heteroatoms. The third kappa shape index (κ3) is 3.12. The van der Waals surface area contributed by atoms with Crippen LogP contribution in [0.3, 0.4) is 0 Å². The van der Waals surface area contributed by atoms with Gasteiger partial charge in [0.25, 0.3) is 5.56 Å². The Hall–Kier alpha value is -3.25. The van der Waals surface area contributed by atoms with Crippen LogP contribution in [-0.2, 0) is 9.59 Å². The van der Waals surface area contributed by atoms with Crippen molar-refractivity contribution in [2.45, 2.75) is 40.5 Å². The van der Waals surface area contributed by atoms with Crippen molar-refractivity contribution in [2.75, 3.05) is 0 Å². The molecule has 1 aromatic carbocycles. The van der Waals surface area contributed by atoms with Gasteiger partial charge in [-0.3, -0.25) is 14.4 Å². The molecule has 0 atom stereocenters. The number of rotatable bonds is 3. The van der Waals surface area contributed by atoms with Crippen LogP contribution in [0.15, 0.2) is 10.9 Å². The summed E-state index contributed by atoms with van der Waals surface area (Å²) in [4.78, 5) is 40.9. The maximum atomic E-state index is 13.0. The minimum absolute atomic E-state index is 0.0234. The van der Waals surface area contributed by atoms with Crippen LogP contribution in [0.4, 0.5) is 0 Å². The van der Waals surface area contributed by atoms with E-state index in [4.69, 9.17) is 9.47 Å². The number of hydrogen-bond donors (Lipinski definition) is 0. The Bertz CT molecular complexity index is 1250. The first kappa shape index (κ1) is 19.5. The Kier molecular flexibility index (Phi) is 4.91. The molecule has 0 aliphatic heterocycles. The van der Waals surface area contributed by atoms with Gasteiger partial charge in [0.2, 0.25) is 0 Å². The number of benzene rings is 1. The lowest BCUT2D eigenvalue weighted by atomic mass is 10.1. The minimum Gasteiger partial charge on any atom is -0.423 e. The second-order valence-electron chi connectivity index (χ2n) is 6.53. The summed E-state index contributed by atoms with van der Waals surface area (Å²) in [7, 11) is 0. The molecule has 3 aromatic rings. The van der Waals surface area contributed by atoms with Crippen molar-refractivity contribution in [3.05, 3.63) is 33.2 Å². The fourth-order valence-corrected chi connectivity index (χ4v) is 4.10. The van der Waals surface area contributed by atoms with E-state index in [0.29, 0.717) is 26.4 Å². The highest BCUT2D eigenvalue weighted by molar-refractivity contribution is 7.23. The zero-order valence-electron chi connectivity index (χ0n) is 15.9. The van der Waals surface area contributed by atoms with Crippen LogP contribution >= 0.6 is 11.3 Å². The number of ether oxygens (including phenoxy) is 2. The topological polar surface area (TPSA) is 111 Å². The first-order valence-corrected chi connectivity index (χ1v) is 9.27. The number of nitriles is 1. The number of hydrogen-bond acceptors (Lipinski definition) is 8. The Morgan fingerprint density at radius 3 is 2.43 bits per heavy atom. The average molecular weight is 399 g/mol. The van der Waals surface area contributed by atoms with E-state index in [2.05, 4.69) is 4.98 Å². The summed E-state index contributed by atoms with van der Waals surface area (Å²) in [6.45, 7) is 7.82. The summed E-state index contributed by atoms with van der Waals surface area (Å²) in [6, 6.07) is 3.48. The predicted molar refractivity (Wildman–Crippen MR) is 103 cm³/mol. The molecule has 0 N–H and O–H groups in total. The maximum absolute atomic E-state index is 13.0. The van der Waals surface area contributed by atoms with Gasteiger partial charge in [0.1, 0.15) is 11.6 Å². The van der Waals surface area contributed by atoms with Crippen LogP contribution in [0.1, 0.15) is 50.4 Å². The van der Waals surface area contributed by atoms with Gasteiger partial charge >= 0.3 is 11.9 Å². The van der Waals surface area contributed by atoms with Gasteiger partial charge in [0, 0.05) is 25.5 Å². The van der Waals surface area contributed by atoms with Gasteiger partial charge in [-0.05, 0) is 12.8 Å². The number of fused-ring (bicyclic) bond motifs is 3. The molecule has 28 heavy (non-hydrogen) atoms. The summed E-state index contributed by atoms with van der Waals surface area (Å²) < 4.78 is 12.4. The molecule has 2 heterocycles. The van der Waals surface area contributed by atoms with Gasteiger partial charge in [-0.2, -0.15) is 5.26 Å². The molecule has 0 bridgehead atoms. The van der Waals surface area contributed by atoms with E-state index in [9.17, 15) is 19.6 Å². The molecule has 3 rings (SSSR count). The number of carbonyl (C=O) groups excluding carboxylic acids is 2. The van der Waals surface area contributed by atoms with Gasteiger partial charge in [-0.1, -0.05) is 25.2 Å². The molecule has 0 spiro atoms. The molecular formula is C19H17N3O5S. The van der Waals surface area contributed by atoms with Gasteiger partial charge in [0.15, 0.2) is 16.5 Å². The highest BCUT2D eigenvalue weighted by atomic mass is 32.1. The Morgan fingerprint density at radius 2 is 1.89 bits per heavy atom. The van der Waals surface area contributed by atoms with Crippen molar-refractivity contribution in [1.82, 2.24) is 9.38 Å². The van der Waals surface area contributed by atoms with Gasteiger partial charge < -0.3 is 9.47 Å². The van der Waals surface area contributed by atoms with Crippen molar-refractivity contribution in [3.63, 3.8) is 0 Å². The molecule has 0 unspecified atom stereocenters. The summed E-state index contributed by atoms with van der Waals surface area (Å²) in [5, 5.41) is 9.48. The normalized spacial score (nSPS) is 11.0. The van der Waals surface area contributed by atoms with Gasteiger partial charge in [-0.25, -0.2) is 9.38 Å². The molecular weight excluding hydrogens is 382 g/mol. The Morgan fingerprint density at radius 1 is 1.25 bits per heavy atom. The number of thiazole rings is 1. The van der Waals surface area contributed by atoms with Crippen LogP contribution in [0, 0.1) is 18.3 Å². The molecule has 0 saturated heterocycles. The lowest BCUT2D eigenvalue weighted by molar-refractivity contribution is -0.134. The number of esters is 2. The predicted octanol–water partition coefficient (Wildman–Crippen LogP) is 3.06. The number of aryl methyl sites for hydroxylation is 1. The molecule has 0 saturated carbocycles. The van der Waals surface area contributed by atoms with Gasteiger partial charge in [0.05, 0.1) is 15.9 Å². The summed E-state index contributed by atoms with van der Waals surface area (Å²) >= 11 is 1.22. The van der Waals surface area contributed by atoms with E-state index in [0.717, 1.165) is 0 Å². The second kappa shape index (κ2) is 7.05. The molecule has 144 valence electrons. The first-order valence-electron chi connectivity index (χ1n) is 8.45. The summed E-state index contributed by atoms with van der Waals surface area (Å²) in [6.07, 6.45) is 0. The molecule has 0 fully saturated rings. The van der Waals surface area contributed by atoms with E-state index in [1.165, 1.54) is 35.7 Å². The van der Waals surface area contributed by atoms with E-state index in [-0.39, 0.29) is 23.0 Å². The van der Waals surface area contributed by atoms with Crippen LogP contribution in [-0.4, -0.2) is 21.3 Å². The van der Waals surface area contributed by atoms with Crippen molar-refractivity contribution >= 4 is 38.5 Å². The molecule has 2 aromatic heterocycles. The monoisotopic (exact) mass is 399 g/mol. The fraction of sp³-hybridized carbons (Fsp3) is 0.316. The van der Waals surface area contributed by atoms with Crippen molar-refractivity contribution in [2.24, 2.45) is 0 Å².